The quantitative estimate of drug-likeness (QED) is 0.853. The Bertz CT molecular complexity index is 766. The number of carbonyl (C=O) groups excluding carboxylic acids is 1. The molecule has 0 radical (unpaired) electrons. The van der Waals surface area contributed by atoms with Gasteiger partial charge in [-0.3, -0.25) is 4.79 Å². The summed E-state index contributed by atoms with van der Waals surface area (Å²) in [5, 5.41) is 10.5. The molecule has 2 aromatic rings. The number of carbonyl (C=O) groups is 1. The fourth-order valence-electron chi connectivity index (χ4n) is 3.02. The van der Waals surface area contributed by atoms with Crippen molar-refractivity contribution < 1.29 is 18.0 Å². The van der Waals surface area contributed by atoms with Crippen LogP contribution in [0.25, 0.3) is 0 Å². The monoisotopic (exact) mass is 355 g/mol. The van der Waals surface area contributed by atoms with E-state index in [1.165, 1.54) is 0 Å². The standard InChI is InChI=1S/C16H16ClF2N3O2/c1-8-21-22-15(24-8)5-9-2-3-10(4-9)20-16(23)11-6-13(18)14(19)7-12(11)17/h6-7,9-10H,2-5H2,1H3,(H,20,23)/t9-,10+/m1/s1. The summed E-state index contributed by atoms with van der Waals surface area (Å²) in [6.45, 7) is 1.74. The average molecular weight is 356 g/mol. The van der Waals surface area contributed by atoms with E-state index in [9.17, 15) is 13.6 Å². The van der Waals surface area contributed by atoms with Crippen molar-refractivity contribution in [1.82, 2.24) is 15.5 Å². The van der Waals surface area contributed by atoms with Crippen molar-refractivity contribution >= 4 is 17.5 Å². The number of nitrogens with zero attached hydrogens (tertiary/aromatic N) is 2. The van der Waals surface area contributed by atoms with Gasteiger partial charge in [0.05, 0.1) is 10.6 Å². The Morgan fingerprint density at radius 3 is 2.79 bits per heavy atom. The predicted octanol–water partition coefficient (Wildman–Crippen LogP) is 3.45. The third-order valence-electron chi connectivity index (χ3n) is 4.16. The summed E-state index contributed by atoms with van der Waals surface area (Å²) in [4.78, 5) is 12.2. The second-order valence-corrected chi connectivity index (χ2v) is 6.42. The SMILES string of the molecule is Cc1nnc(C[C@@H]2CC[C@H](NC(=O)c3cc(F)c(F)cc3Cl)C2)o1. The van der Waals surface area contributed by atoms with Crippen LogP contribution in [0.15, 0.2) is 16.5 Å². The maximum Gasteiger partial charge on any atom is 0.253 e. The lowest BCUT2D eigenvalue weighted by atomic mass is 10.0. The molecule has 1 aromatic heterocycles. The minimum Gasteiger partial charge on any atom is -0.426 e. The highest BCUT2D eigenvalue weighted by atomic mass is 35.5. The van der Waals surface area contributed by atoms with E-state index >= 15 is 0 Å². The lowest BCUT2D eigenvalue weighted by Crippen LogP contribution is -2.33. The molecule has 3 rings (SSSR count). The topological polar surface area (TPSA) is 68.0 Å². The first-order valence-corrected chi connectivity index (χ1v) is 8.04. The van der Waals surface area contributed by atoms with Gasteiger partial charge in [0.15, 0.2) is 11.6 Å². The summed E-state index contributed by atoms with van der Waals surface area (Å²) in [6.07, 6.45) is 3.14. The van der Waals surface area contributed by atoms with Crippen LogP contribution in [0.3, 0.4) is 0 Å². The number of hydrogen-bond acceptors (Lipinski definition) is 4. The second-order valence-electron chi connectivity index (χ2n) is 6.01. The number of benzene rings is 1. The van der Waals surface area contributed by atoms with Crippen LogP contribution >= 0.6 is 11.6 Å². The van der Waals surface area contributed by atoms with Crippen molar-refractivity contribution in [3.8, 4) is 0 Å². The Balaban J connectivity index is 1.59. The molecular formula is C16H16ClF2N3O2. The van der Waals surface area contributed by atoms with E-state index in [0.29, 0.717) is 24.1 Å². The summed E-state index contributed by atoms with van der Waals surface area (Å²) >= 11 is 5.83. The van der Waals surface area contributed by atoms with Crippen LogP contribution in [-0.4, -0.2) is 22.1 Å². The van der Waals surface area contributed by atoms with Crippen LogP contribution in [0.4, 0.5) is 8.78 Å². The Kier molecular flexibility index (Phi) is 4.80. The van der Waals surface area contributed by atoms with Crippen LogP contribution in [0.2, 0.25) is 5.02 Å². The van der Waals surface area contributed by atoms with Crippen molar-refractivity contribution in [2.45, 2.75) is 38.6 Å². The number of halogens is 3. The molecule has 0 aliphatic heterocycles. The second kappa shape index (κ2) is 6.84. The van der Waals surface area contributed by atoms with Crippen LogP contribution in [0.5, 0.6) is 0 Å². The summed E-state index contributed by atoms with van der Waals surface area (Å²) < 4.78 is 31.7. The smallest absolute Gasteiger partial charge is 0.253 e. The highest BCUT2D eigenvalue weighted by Gasteiger charge is 2.28. The van der Waals surface area contributed by atoms with E-state index in [1.807, 2.05) is 0 Å². The van der Waals surface area contributed by atoms with Crippen LogP contribution in [0, 0.1) is 24.5 Å². The fourth-order valence-corrected chi connectivity index (χ4v) is 3.25. The maximum absolute atomic E-state index is 13.3. The molecule has 1 fully saturated rings. The van der Waals surface area contributed by atoms with E-state index < -0.39 is 17.5 Å². The molecule has 0 spiro atoms. The van der Waals surface area contributed by atoms with Gasteiger partial charge in [0, 0.05) is 19.4 Å². The van der Waals surface area contributed by atoms with E-state index in [0.717, 1.165) is 31.4 Å². The summed E-state index contributed by atoms with van der Waals surface area (Å²) in [5.74, 6) is -1.23. The Morgan fingerprint density at radius 1 is 1.33 bits per heavy atom. The largest absolute Gasteiger partial charge is 0.426 e. The first-order chi connectivity index (χ1) is 11.4. The Labute approximate surface area is 142 Å². The molecule has 0 saturated heterocycles. The molecule has 2 atom stereocenters. The molecule has 1 N–H and O–H groups in total. The van der Waals surface area contributed by atoms with Gasteiger partial charge in [0.25, 0.3) is 5.91 Å². The first kappa shape index (κ1) is 16.8. The fraction of sp³-hybridized carbons (Fsp3) is 0.438. The maximum atomic E-state index is 13.3. The lowest BCUT2D eigenvalue weighted by molar-refractivity contribution is 0.0936. The van der Waals surface area contributed by atoms with E-state index in [-0.39, 0.29) is 16.6 Å². The summed E-state index contributed by atoms with van der Waals surface area (Å²) in [7, 11) is 0. The van der Waals surface area contributed by atoms with Gasteiger partial charge in [-0.2, -0.15) is 0 Å². The highest BCUT2D eigenvalue weighted by Crippen LogP contribution is 2.29. The van der Waals surface area contributed by atoms with Gasteiger partial charge >= 0.3 is 0 Å². The number of hydrogen-bond donors (Lipinski definition) is 1. The van der Waals surface area contributed by atoms with Crippen molar-refractivity contribution in [1.29, 1.82) is 0 Å². The molecule has 1 aromatic carbocycles. The summed E-state index contributed by atoms with van der Waals surface area (Å²) in [6, 6.07) is 1.58. The molecule has 128 valence electrons. The van der Waals surface area contributed by atoms with Crippen molar-refractivity contribution in [3.63, 3.8) is 0 Å². The third kappa shape index (κ3) is 3.72. The van der Waals surface area contributed by atoms with Gasteiger partial charge in [0.1, 0.15) is 0 Å². The number of amides is 1. The average Bonchev–Trinajstić information content (AvgIpc) is 3.12. The van der Waals surface area contributed by atoms with Gasteiger partial charge in [0.2, 0.25) is 11.8 Å². The molecular weight excluding hydrogens is 340 g/mol. The minimum absolute atomic E-state index is 0.0456. The molecule has 1 heterocycles. The van der Waals surface area contributed by atoms with E-state index in [1.54, 1.807) is 6.92 Å². The molecule has 1 saturated carbocycles. The van der Waals surface area contributed by atoms with Gasteiger partial charge in [-0.15, -0.1) is 10.2 Å². The van der Waals surface area contributed by atoms with Crippen molar-refractivity contribution in [3.05, 3.63) is 46.1 Å². The molecule has 1 aliphatic rings. The van der Waals surface area contributed by atoms with Crippen LogP contribution < -0.4 is 5.32 Å². The van der Waals surface area contributed by atoms with E-state index in [4.69, 9.17) is 16.0 Å². The normalized spacial score (nSPS) is 20.3. The number of rotatable bonds is 4. The zero-order chi connectivity index (χ0) is 17.3. The Morgan fingerprint density at radius 2 is 2.08 bits per heavy atom. The van der Waals surface area contributed by atoms with Crippen LogP contribution in [-0.2, 0) is 6.42 Å². The predicted molar refractivity (Wildman–Crippen MR) is 82.7 cm³/mol. The summed E-state index contributed by atoms with van der Waals surface area (Å²) in [5.41, 5.74) is -0.0634. The highest BCUT2D eigenvalue weighted by molar-refractivity contribution is 6.33. The zero-order valence-corrected chi connectivity index (χ0v) is 13.7. The van der Waals surface area contributed by atoms with Crippen molar-refractivity contribution in [2.75, 3.05) is 0 Å². The molecule has 0 unspecified atom stereocenters. The van der Waals surface area contributed by atoms with Gasteiger partial charge < -0.3 is 9.73 Å². The molecule has 0 bridgehead atoms. The van der Waals surface area contributed by atoms with E-state index in [2.05, 4.69) is 15.5 Å². The lowest BCUT2D eigenvalue weighted by Gasteiger charge is -2.14. The molecule has 1 amide bonds. The minimum atomic E-state index is -1.10. The number of nitrogens with one attached hydrogen (secondary N) is 1. The van der Waals surface area contributed by atoms with Gasteiger partial charge in [-0.25, -0.2) is 8.78 Å². The molecule has 8 heteroatoms. The van der Waals surface area contributed by atoms with Gasteiger partial charge in [-0.05, 0) is 37.3 Å². The van der Waals surface area contributed by atoms with Crippen LogP contribution in [0.1, 0.15) is 41.4 Å². The zero-order valence-electron chi connectivity index (χ0n) is 13.0. The van der Waals surface area contributed by atoms with Crippen molar-refractivity contribution in [2.24, 2.45) is 5.92 Å². The first-order valence-electron chi connectivity index (χ1n) is 7.66. The number of aromatic nitrogens is 2. The molecule has 24 heavy (non-hydrogen) atoms. The van der Waals surface area contributed by atoms with Gasteiger partial charge in [-0.1, -0.05) is 11.6 Å². The Hall–Kier alpha value is -2.02. The molecule has 1 aliphatic carbocycles. The molecule has 5 nitrogen and oxygen atoms in total. The number of aryl methyl sites for hydroxylation is 1. The third-order valence-corrected chi connectivity index (χ3v) is 4.47.